The van der Waals surface area contributed by atoms with Gasteiger partial charge in [-0.15, -0.1) is 0 Å². The number of alkyl halides is 1. The molecule has 2 unspecified atom stereocenters. The maximum atomic E-state index is 6.06. The molecule has 1 fully saturated rings. The lowest BCUT2D eigenvalue weighted by atomic mass is 9.91. The van der Waals surface area contributed by atoms with E-state index in [0.717, 1.165) is 22.8 Å². The third-order valence-corrected chi connectivity index (χ3v) is 4.71. The number of rotatable bonds is 2. The predicted octanol–water partition coefficient (Wildman–Crippen LogP) is 4.86. The van der Waals surface area contributed by atoms with Crippen molar-refractivity contribution in [3.05, 3.63) is 28.8 Å². The van der Waals surface area contributed by atoms with Gasteiger partial charge in [0.15, 0.2) is 0 Å². The van der Waals surface area contributed by atoms with Gasteiger partial charge in [0.05, 0.1) is 0 Å². The van der Waals surface area contributed by atoms with E-state index in [1.807, 2.05) is 6.07 Å². The van der Waals surface area contributed by atoms with Gasteiger partial charge in [0, 0.05) is 28.6 Å². The number of benzene rings is 1. The van der Waals surface area contributed by atoms with Crippen molar-refractivity contribution in [3.8, 4) is 0 Å². The van der Waals surface area contributed by atoms with Gasteiger partial charge in [-0.25, -0.2) is 0 Å². The van der Waals surface area contributed by atoms with Crippen LogP contribution in [0.3, 0.4) is 0 Å². The van der Waals surface area contributed by atoms with E-state index in [2.05, 4.69) is 46.8 Å². The van der Waals surface area contributed by atoms with E-state index < -0.39 is 0 Å². The van der Waals surface area contributed by atoms with Crippen LogP contribution in [0.4, 0.5) is 5.69 Å². The maximum Gasteiger partial charge on any atom is 0.0410 e. The van der Waals surface area contributed by atoms with Crippen molar-refractivity contribution in [1.29, 1.82) is 0 Å². The zero-order valence-electron chi connectivity index (χ0n) is 10.4. The summed E-state index contributed by atoms with van der Waals surface area (Å²) in [5, 5.41) is 1.68. The molecule has 3 heteroatoms. The fraction of sp³-hybridized carbons (Fsp3) is 0.571. The standard InChI is InChI=1S/C14H19BrClN/c1-10-4-3-7-17(11(10)2)14-6-5-13(16)8-12(14)9-15/h5-6,8,10-11H,3-4,7,9H2,1-2H3. The summed E-state index contributed by atoms with van der Waals surface area (Å²) in [6.45, 7) is 5.84. The maximum absolute atomic E-state index is 6.06. The Hall–Kier alpha value is -0.210. The van der Waals surface area contributed by atoms with Crippen LogP contribution in [-0.2, 0) is 5.33 Å². The first-order valence-corrected chi connectivity index (χ1v) is 7.74. The predicted molar refractivity (Wildman–Crippen MR) is 79.3 cm³/mol. The van der Waals surface area contributed by atoms with Gasteiger partial charge in [0.25, 0.3) is 0 Å². The molecule has 1 aromatic carbocycles. The molecule has 2 rings (SSSR count). The Morgan fingerprint density at radius 2 is 2.18 bits per heavy atom. The van der Waals surface area contributed by atoms with Crippen molar-refractivity contribution in [2.45, 2.75) is 38.1 Å². The number of hydrogen-bond acceptors (Lipinski definition) is 1. The highest BCUT2D eigenvalue weighted by atomic mass is 79.9. The van der Waals surface area contributed by atoms with E-state index in [1.54, 1.807) is 0 Å². The molecule has 0 radical (unpaired) electrons. The minimum atomic E-state index is 0.614. The van der Waals surface area contributed by atoms with E-state index in [0.29, 0.717) is 6.04 Å². The molecule has 0 N–H and O–H groups in total. The van der Waals surface area contributed by atoms with E-state index in [4.69, 9.17) is 11.6 Å². The van der Waals surface area contributed by atoms with Crippen molar-refractivity contribution >= 4 is 33.2 Å². The zero-order valence-corrected chi connectivity index (χ0v) is 12.8. The monoisotopic (exact) mass is 315 g/mol. The van der Waals surface area contributed by atoms with Gasteiger partial charge < -0.3 is 4.90 Å². The van der Waals surface area contributed by atoms with Crippen molar-refractivity contribution in [2.24, 2.45) is 5.92 Å². The first-order chi connectivity index (χ1) is 8.13. The summed E-state index contributed by atoms with van der Waals surface area (Å²) in [6.07, 6.45) is 2.63. The summed E-state index contributed by atoms with van der Waals surface area (Å²) in [7, 11) is 0. The number of halogens is 2. The van der Waals surface area contributed by atoms with E-state index in [9.17, 15) is 0 Å². The van der Waals surface area contributed by atoms with Crippen molar-refractivity contribution in [3.63, 3.8) is 0 Å². The van der Waals surface area contributed by atoms with Gasteiger partial charge in [-0.05, 0) is 49.4 Å². The first kappa shape index (κ1) is 13.2. The number of hydrogen-bond donors (Lipinski definition) is 0. The molecular formula is C14H19BrClN. The SMILES string of the molecule is CC1CCCN(c2ccc(Cl)cc2CBr)C1C. The highest BCUT2D eigenvalue weighted by Gasteiger charge is 2.25. The highest BCUT2D eigenvalue weighted by molar-refractivity contribution is 9.08. The van der Waals surface area contributed by atoms with Crippen LogP contribution in [0.5, 0.6) is 0 Å². The Morgan fingerprint density at radius 3 is 2.88 bits per heavy atom. The molecule has 0 amide bonds. The minimum absolute atomic E-state index is 0.614. The molecule has 0 spiro atoms. The minimum Gasteiger partial charge on any atom is -0.368 e. The van der Waals surface area contributed by atoms with Crippen LogP contribution in [0.2, 0.25) is 5.02 Å². The molecule has 0 saturated carbocycles. The molecule has 1 nitrogen and oxygen atoms in total. The van der Waals surface area contributed by atoms with Gasteiger partial charge in [-0.3, -0.25) is 0 Å². The van der Waals surface area contributed by atoms with E-state index in [-0.39, 0.29) is 0 Å². The Kier molecular flexibility index (Phi) is 4.37. The molecule has 1 saturated heterocycles. The van der Waals surface area contributed by atoms with Crippen LogP contribution >= 0.6 is 27.5 Å². The molecule has 0 aliphatic carbocycles. The van der Waals surface area contributed by atoms with Crippen LogP contribution in [0.25, 0.3) is 0 Å². The average Bonchev–Trinajstić information content (AvgIpc) is 2.33. The van der Waals surface area contributed by atoms with Crippen molar-refractivity contribution < 1.29 is 0 Å². The van der Waals surface area contributed by atoms with Crippen LogP contribution in [0.15, 0.2) is 18.2 Å². The first-order valence-electron chi connectivity index (χ1n) is 6.24. The van der Waals surface area contributed by atoms with Crippen LogP contribution in [0, 0.1) is 5.92 Å². The van der Waals surface area contributed by atoms with E-state index in [1.165, 1.54) is 24.1 Å². The summed E-state index contributed by atoms with van der Waals surface area (Å²) >= 11 is 9.62. The smallest absolute Gasteiger partial charge is 0.0410 e. The van der Waals surface area contributed by atoms with Gasteiger partial charge in [0.2, 0.25) is 0 Å². The van der Waals surface area contributed by atoms with Gasteiger partial charge in [0.1, 0.15) is 0 Å². The van der Waals surface area contributed by atoms with E-state index >= 15 is 0 Å². The Balaban J connectivity index is 2.32. The molecule has 94 valence electrons. The second-order valence-electron chi connectivity index (χ2n) is 4.96. The van der Waals surface area contributed by atoms with Crippen LogP contribution < -0.4 is 4.90 Å². The summed E-state index contributed by atoms with van der Waals surface area (Å²) in [5.41, 5.74) is 2.63. The number of anilines is 1. The Morgan fingerprint density at radius 1 is 1.41 bits per heavy atom. The third-order valence-electron chi connectivity index (χ3n) is 3.87. The van der Waals surface area contributed by atoms with Crippen molar-refractivity contribution in [2.75, 3.05) is 11.4 Å². The lowest BCUT2D eigenvalue weighted by molar-refractivity contribution is 0.363. The Labute approximate surface area is 117 Å². The van der Waals surface area contributed by atoms with Gasteiger partial charge in [-0.1, -0.05) is 34.5 Å². The molecule has 1 aliphatic rings. The van der Waals surface area contributed by atoms with Gasteiger partial charge in [-0.2, -0.15) is 0 Å². The number of nitrogens with zero attached hydrogens (tertiary/aromatic N) is 1. The third kappa shape index (κ3) is 2.79. The van der Waals surface area contributed by atoms with Crippen LogP contribution in [0.1, 0.15) is 32.3 Å². The summed E-state index contributed by atoms with van der Waals surface area (Å²) < 4.78 is 0. The van der Waals surface area contributed by atoms with Crippen molar-refractivity contribution in [1.82, 2.24) is 0 Å². The second-order valence-corrected chi connectivity index (χ2v) is 5.96. The molecule has 17 heavy (non-hydrogen) atoms. The topological polar surface area (TPSA) is 3.24 Å². The number of piperidine rings is 1. The fourth-order valence-electron chi connectivity index (χ4n) is 2.62. The lowest BCUT2D eigenvalue weighted by Crippen LogP contribution is -2.42. The van der Waals surface area contributed by atoms with Gasteiger partial charge >= 0.3 is 0 Å². The molecule has 0 bridgehead atoms. The zero-order chi connectivity index (χ0) is 12.4. The molecular weight excluding hydrogens is 298 g/mol. The quantitative estimate of drug-likeness (QED) is 0.704. The molecule has 1 heterocycles. The second kappa shape index (κ2) is 5.62. The largest absolute Gasteiger partial charge is 0.368 e. The summed E-state index contributed by atoms with van der Waals surface area (Å²) in [6, 6.07) is 6.84. The fourth-order valence-corrected chi connectivity index (χ4v) is 3.26. The molecule has 0 aromatic heterocycles. The highest BCUT2D eigenvalue weighted by Crippen LogP contribution is 2.33. The van der Waals surface area contributed by atoms with Crippen LogP contribution in [-0.4, -0.2) is 12.6 Å². The Bertz CT molecular complexity index is 394. The molecule has 1 aromatic rings. The summed E-state index contributed by atoms with van der Waals surface area (Å²) in [4.78, 5) is 2.53. The molecule has 2 atom stereocenters. The summed E-state index contributed by atoms with van der Waals surface area (Å²) in [5.74, 6) is 0.766. The molecule has 1 aliphatic heterocycles. The lowest BCUT2D eigenvalue weighted by Gasteiger charge is -2.40. The normalized spacial score (nSPS) is 25.1. The average molecular weight is 317 g/mol.